The number of ether oxygens (including phenoxy) is 1. The van der Waals surface area contributed by atoms with Crippen LogP contribution in [0.5, 0.6) is 0 Å². The Balaban J connectivity index is 1.65. The average molecular weight is 292 g/mol. The van der Waals surface area contributed by atoms with Crippen molar-refractivity contribution in [1.29, 1.82) is 0 Å². The highest BCUT2D eigenvalue weighted by molar-refractivity contribution is 6.05. The third kappa shape index (κ3) is 2.47. The van der Waals surface area contributed by atoms with Gasteiger partial charge < -0.3 is 9.30 Å². The van der Waals surface area contributed by atoms with Crippen LogP contribution in [0.3, 0.4) is 0 Å². The van der Waals surface area contributed by atoms with Gasteiger partial charge >= 0.3 is 0 Å². The smallest absolute Gasteiger partial charge is 0.234 e. The zero-order chi connectivity index (χ0) is 15.0. The summed E-state index contributed by atoms with van der Waals surface area (Å²) in [5, 5.41) is 0. The van der Waals surface area contributed by atoms with Crippen LogP contribution in [0.15, 0.2) is 12.4 Å². The lowest BCUT2D eigenvalue weighted by Gasteiger charge is -2.18. The molecular formula is C14H20N4O3. The first-order valence-corrected chi connectivity index (χ1v) is 7.14. The number of imidazole rings is 1. The Hall–Kier alpha value is -1.73. The van der Waals surface area contributed by atoms with Crippen molar-refractivity contribution in [3.05, 3.63) is 18.2 Å². The van der Waals surface area contributed by atoms with Crippen molar-refractivity contribution < 1.29 is 14.3 Å². The number of hydrogen-bond donors (Lipinski definition) is 0. The predicted molar refractivity (Wildman–Crippen MR) is 74.1 cm³/mol. The van der Waals surface area contributed by atoms with Crippen LogP contribution in [0.25, 0.3) is 0 Å². The lowest BCUT2D eigenvalue weighted by atomic mass is 10.00. The summed E-state index contributed by atoms with van der Waals surface area (Å²) in [5.74, 6) is 0.500. The number of likely N-dealkylation sites (tertiary alicyclic amines) is 2. The maximum Gasteiger partial charge on any atom is 0.234 e. The standard InChI is InChI=1S/C14H20N4O3/c1-16-13(19)10-7-17(8-11(10)14(16)20)9-12-15-3-4-18(12)5-6-21-2/h3-4,10-11H,5-9H2,1-2H3/t10-,11+. The molecule has 0 N–H and O–H groups in total. The second-order valence-electron chi connectivity index (χ2n) is 5.67. The highest BCUT2D eigenvalue weighted by Crippen LogP contribution is 2.33. The van der Waals surface area contributed by atoms with Crippen LogP contribution in [0.4, 0.5) is 0 Å². The van der Waals surface area contributed by atoms with Gasteiger partial charge in [-0.1, -0.05) is 0 Å². The monoisotopic (exact) mass is 292 g/mol. The number of carbonyl (C=O) groups is 2. The molecule has 0 unspecified atom stereocenters. The second kappa shape index (κ2) is 5.57. The molecule has 21 heavy (non-hydrogen) atoms. The second-order valence-corrected chi connectivity index (χ2v) is 5.67. The lowest BCUT2D eigenvalue weighted by molar-refractivity contribution is -0.138. The van der Waals surface area contributed by atoms with E-state index in [0.29, 0.717) is 26.2 Å². The van der Waals surface area contributed by atoms with Crippen molar-refractivity contribution in [3.63, 3.8) is 0 Å². The van der Waals surface area contributed by atoms with E-state index in [-0.39, 0.29) is 23.7 Å². The molecule has 7 nitrogen and oxygen atoms in total. The van der Waals surface area contributed by atoms with Crippen LogP contribution >= 0.6 is 0 Å². The minimum absolute atomic E-state index is 0.0461. The van der Waals surface area contributed by atoms with Crippen LogP contribution in [0.2, 0.25) is 0 Å². The molecule has 1 aromatic heterocycles. The van der Waals surface area contributed by atoms with E-state index in [4.69, 9.17) is 4.74 Å². The van der Waals surface area contributed by atoms with Gasteiger partial charge in [-0.25, -0.2) is 4.98 Å². The summed E-state index contributed by atoms with van der Waals surface area (Å²) in [5.41, 5.74) is 0. The number of carbonyl (C=O) groups excluding carboxylic acids is 2. The fourth-order valence-electron chi connectivity index (χ4n) is 3.21. The molecule has 0 radical (unpaired) electrons. The Morgan fingerprint density at radius 1 is 1.29 bits per heavy atom. The number of amides is 2. The van der Waals surface area contributed by atoms with Gasteiger partial charge in [0.15, 0.2) is 0 Å². The summed E-state index contributed by atoms with van der Waals surface area (Å²) in [6, 6.07) is 0. The van der Waals surface area contributed by atoms with Gasteiger partial charge in [0.1, 0.15) is 5.82 Å². The summed E-state index contributed by atoms with van der Waals surface area (Å²) < 4.78 is 7.13. The van der Waals surface area contributed by atoms with E-state index in [0.717, 1.165) is 12.4 Å². The fraction of sp³-hybridized carbons (Fsp3) is 0.643. The number of imide groups is 1. The van der Waals surface area contributed by atoms with Gasteiger partial charge in [-0.3, -0.25) is 19.4 Å². The molecule has 2 atom stereocenters. The summed E-state index contributed by atoms with van der Waals surface area (Å²) in [7, 11) is 3.25. The van der Waals surface area contributed by atoms with Crippen molar-refractivity contribution in [3.8, 4) is 0 Å². The molecule has 2 saturated heterocycles. The molecule has 0 spiro atoms. The van der Waals surface area contributed by atoms with E-state index < -0.39 is 0 Å². The van der Waals surface area contributed by atoms with Gasteiger partial charge in [-0.2, -0.15) is 0 Å². The van der Waals surface area contributed by atoms with Crippen molar-refractivity contribution in [2.75, 3.05) is 33.9 Å². The van der Waals surface area contributed by atoms with Crippen LogP contribution in [0.1, 0.15) is 5.82 Å². The Kier molecular flexibility index (Phi) is 3.77. The maximum absolute atomic E-state index is 12.0. The first kappa shape index (κ1) is 14.2. The number of nitrogens with zero attached hydrogens (tertiary/aromatic N) is 4. The molecular weight excluding hydrogens is 272 g/mol. The normalized spacial score (nSPS) is 25.9. The topological polar surface area (TPSA) is 67.7 Å². The highest BCUT2D eigenvalue weighted by atomic mass is 16.5. The Bertz CT molecular complexity index is 532. The Morgan fingerprint density at radius 3 is 2.57 bits per heavy atom. The zero-order valence-electron chi connectivity index (χ0n) is 12.4. The third-order valence-corrected chi connectivity index (χ3v) is 4.39. The number of fused-ring (bicyclic) bond motifs is 1. The van der Waals surface area contributed by atoms with E-state index in [2.05, 4.69) is 9.88 Å². The van der Waals surface area contributed by atoms with Crippen LogP contribution in [0, 0.1) is 11.8 Å². The first-order chi connectivity index (χ1) is 10.1. The van der Waals surface area contributed by atoms with Crippen LogP contribution in [-0.2, 0) is 27.4 Å². The lowest BCUT2D eigenvalue weighted by Crippen LogP contribution is -2.33. The molecule has 7 heteroatoms. The third-order valence-electron chi connectivity index (χ3n) is 4.39. The van der Waals surface area contributed by atoms with Gasteiger partial charge in [-0.15, -0.1) is 0 Å². The quantitative estimate of drug-likeness (QED) is 0.689. The zero-order valence-corrected chi connectivity index (χ0v) is 12.4. The van der Waals surface area contributed by atoms with Gasteiger partial charge in [-0.05, 0) is 0 Å². The Labute approximate surface area is 123 Å². The molecule has 0 aromatic carbocycles. The summed E-state index contributed by atoms with van der Waals surface area (Å²) >= 11 is 0. The van der Waals surface area contributed by atoms with E-state index in [1.807, 2.05) is 10.8 Å². The minimum Gasteiger partial charge on any atom is -0.383 e. The van der Waals surface area contributed by atoms with Crippen molar-refractivity contribution in [2.45, 2.75) is 13.1 Å². The minimum atomic E-state index is -0.176. The van der Waals surface area contributed by atoms with E-state index in [9.17, 15) is 9.59 Å². The summed E-state index contributed by atoms with van der Waals surface area (Å²) in [6.07, 6.45) is 3.70. The van der Waals surface area contributed by atoms with E-state index in [1.165, 1.54) is 4.90 Å². The molecule has 1 aromatic rings. The van der Waals surface area contributed by atoms with Crippen molar-refractivity contribution >= 4 is 11.8 Å². The SMILES string of the molecule is COCCn1ccnc1CN1C[C@@H]2C(=O)N(C)C(=O)[C@@H]2C1. The predicted octanol–water partition coefficient (Wildman–Crippen LogP) is -0.424. The summed E-state index contributed by atoms with van der Waals surface area (Å²) in [4.78, 5) is 31.8. The number of aromatic nitrogens is 2. The first-order valence-electron chi connectivity index (χ1n) is 7.14. The molecule has 2 amide bonds. The van der Waals surface area contributed by atoms with Gasteiger partial charge in [0.2, 0.25) is 11.8 Å². The Morgan fingerprint density at radius 2 is 1.95 bits per heavy atom. The molecule has 3 heterocycles. The van der Waals surface area contributed by atoms with Crippen molar-refractivity contribution in [2.24, 2.45) is 11.8 Å². The van der Waals surface area contributed by atoms with Crippen LogP contribution in [-0.4, -0.2) is 65.0 Å². The summed E-state index contributed by atoms with van der Waals surface area (Å²) in [6.45, 7) is 3.32. The average Bonchev–Trinajstić information content (AvgIpc) is 3.14. The number of methoxy groups -OCH3 is 1. The molecule has 2 aliphatic rings. The van der Waals surface area contributed by atoms with Gasteiger partial charge in [0.05, 0.1) is 25.0 Å². The van der Waals surface area contributed by atoms with Crippen molar-refractivity contribution in [1.82, 2.24) is 19.4 Å². The van der Waals surface area contributed by atoms with Gasteiger partial charge in [0.25, 0.3) is 0 Å². The van der Waals surface area contributed by atoms with E-state index in [1.54, 1.807) is 20.4 Å². The number of rotatable bonds is 5. The van der Waals surface area contributed by atoms with Gasteiger partial charge in [0, 0.05) is 46.2 Å². The van der Waals surface area contributed by atoms with E-state index >= 15 is 0 Å². The molecule has 0 saturated carbocycles. The fourth-order valence-corrected chi connectivity index (χ4v) is 3.21. The molecule has 3 rings (SSSR count). The maximum atomic E-state index is 12.0. The van der Waals surface area contributed by atoms with Crippen LogP contribution < -0.4 is 0 Å². The molecule has 0 bridgehead atoms. The molecule has 114 valence electrons. The molecule has 2 aliphatic heterocycles. The largest absolute Gasteiger partial charge is 0.383 e. The molecule has 2 fully saturated rings. The number of hydrogen-bond acceptors (Lipinski definition) is 5. The molecule has 0 aliphatic carbocycles. The highest BCUT2D eigenvalue weighted by Gasteiger charge is 2.50.